The predicted molar refractivity (Wildman–Crippen MR) is 105 cm³/mol. The van der Waals surface area contributed by atoms with Crippen molar-refractivity contribution in [2.24, 2.45) is 0 Å². The Morgan fingerprint density at radius 1 is 1.15 bits per heavy atom. The number of carbonyl (C=O) groups excluding carboxylic acids is 2. The lowest BCUT2D eigenvalue weighted by atomic mass is 10.1. The number of likely N-dealkylation sites (N-methyl/N-ethyl adjacent to an activating group) is 1. The second kappa shape index (κ2) is 9.14. The average Bonchev–Trinajstić information content (AvgIpc) is 2.82. The largest absolute Gasteiger partial charge is 0.348 e. The Labute approximate surface area is 157 Å². The first-order valence-corrected chi connectivity index (χ1v) is 9.32. The molecule has 0 bridgehead atoms. The van der Waals surface area contributed by atoms with Crippen LogP contribution in [0.3, 0.4) is 0 Å². The van der Waals surface area contributed by atoms with E-state index in [4.69, 9.17) is 0 Å². The molecule has 1 aromatic rings. The van der Waals surface area contributed by atoms with Crippen LogP contribution >= 0.6 is 0 Å². The Bertz CT molecular complexity index is 645. The highest BCUT2D eigenvalue weighted by molar-refractivity contribution is 5.95. The maximum atomic E-state index is 12.7. The molecule has 1 heterocycles. The van der Waals surface area contributed by atoms with Crippen molar-refractivity contribution in [1.82, 2.24) is 14.7 Å². The van der Waals surface area contributed by atoms with E-state index in [0.29, 0.717) is 6.54 Å². The molecule has 2 rings (SSSR count). The molecule has 1 saturated heterocycles. The molecule has 1 fully saturated rings. The minimum Gasteiger partial charge on any atom is -0.348 e. The zero-order chi connectivity index (χ0) is 19.3. The van der Waals surface area contributed by atoms with Gasteiger partial charge in [-0.2, -0.15) is 0 Å². The van der Waals surface area contributed by atoms with E-state index in [-0.39, 0.29) is 17.9 Å². The normalized spacial score (nSPS) is 17.4. The molecule has 1 unspecified atom stereocenters. The molecule has 6 nitrogen and oxygen atoms in total. The Hall–Kier alpha value is -1.92. The first-order valence-electron chi connectivity index (χ1n) is 9.32. The lowest BCUT2D eigenvalue weighted by Gasteiger charge is -2.27. The number of nitrogens with zero attached hydrogens (tertiary/aromatic N) is 3. The molecule has 0 aliphatic carbocycles. The molecule has 144 valence electrons. The van der Waals surface area contributed by atoms with Gasteiger partial charge in [-0.15, -0.1) is 0 Å². The van der Waals surface area contributed by atoms with E-state index in [2.05, 4.69) is 15.1 Å². The summed E-state index contributed by atoms with van der Waals surface area (Å²) in [5.74, 6) is 0.149. The number of rotatable bonds is 5. The summed E-state index contributed by atoms with van der Waals surface area (Å²) in [6.45, 7) is 9.80. The molecule has 1 N–H and O–H groups in total. The topological polar surface area (TPSA) is 55.9 Å². The molecule has 0 radical (unpaired) electrons. The van der Waals surface area contributed by atoms with Crippen LogP contribution in [0.4, 0.5) is 5.69 Å². The standard InChI is InChI=1S/C20H32N4O2/c1-15-7-8-16(2)18(13-15)21-20(26)17(3)24-10-6-9-23(11-12-24)14-19(25)22(4)5/h7-8,13,17H,6,9-12,14H2,1-5H3,(H,21,26). The van der Waals surface area contributed by atoms with Crippen molar-refractivity contribution in [3.05, 3.63) is 29.3 Å². The fourth-order valence-corrected chi connectivity index (χ4v) is 3.14. The zero-order valence-electron chi connectivity index (χ0n) is 16.7. The maximum absolute atomic E-state index is 12.7. The molecule has 6 heteroatoms. The van der Waals surface area contributed by atoms with Crippen LogP contribution in [0.1, 0.15) is 24.5 Å². The molecule has 2 amide bonds. The third-order valence-corrected chi connectivity index (χ3v) is 5.06. The third-order valence-electron chi connectivity index (χ3n) is 5.06. The lowest BCUT2D eigenvalue weighted by Crippen LogP contribution is -2.44. The summed E-state index contributed by atoms with van der Waals surface area (Å²) in [4.78, 5) is 30.6. The molecule has 26 heavy (non-hydrogen) atoms. The van der Waals surface area contributed by atoms with Gasteiger partial charge in [0.05, 0.1) is 12.6 Å². The van der Waals surface area contributed by atoms with Gasteiger partial charge >= 0.3 is 0 Å². The smallest absolute Gasteiger partial charge is 0.241 e. The van der Waals surface area contributed by atoms with Gasteiger partial charge in [0.1, 0.15) is 0 Å². The van der Waals surface area contributed by atoms with Crippen LogP contribution in [0.15, 0.2) is 18.2 Å². The van der Waals surface area contributed by atoms with E-state index in [1.807, 2.05) is 39.0 Å². The van der Waals surface area contributed by atoms with Crippen LogP contribution in [0.2, 0.25) is 0 Å². The molecule has 0 saturated carbocycles. The summed E-state index contributed by atoms with van der Waals surface area (Å²) < 4.78 is 0. The number of nitrogens with one attached hydrogen (secondary N) is 1. The van der Waals surface area contributed by atoms with Crippen LogP contribution in [0, 0.1) is 13.8 Å². The van der Waals surface area contributed by atoms with Crippen molar-refractivity contribution < 1.29 is 9.59 Å². The van der Waals surface area contributed by atoms with E-state index in [9.17, 15) is 9.59 Å². The number of benzene rings is 1. The van der Waals surface area contributed by atoms with Gasteiger partial charge in [-0.1, -0.05) is 12.1 Å². The Morgan fingerprint density at radius 2 is 1.88 bits per heavy atom. The lowest BCUT2D eigenvalue weighted by molar-refractivity contribution is -0.130. The third kappa shape index (κ3) is 5.54. The first kappa shape index (κ1) is 20.4. The van der Waals surface area contributed by atoms with Crippen molar-refractivity contribution in [2.45, 2.75) is 33.2 Å². The summed E-state index contributed by atoms with van der Waals surface area (Å²) in [6, 6.07) is 5.89. The van der Waals surface area contributed by atoms with E-state index in [1.165, 1.54) is 0 Å². The summed E-state index contributed by atoms with van der Waals surface area (Å²) in [7, 11) is 3.57. The van der Waals surface area contributed by atoms with Crippen LogP contribution in [-0.4, -0.2) is 79.4 Å². The monoisotopic (exact) mass is 360 g/mol. The van der Waals surface area contributed by atoms with Crippen molar-refractivity contribution in [3.63, 3.8) is 0 Å². The van der Waals surface area contributed by atoms with Crippen LogP contribution in [0.25, 0.3) is 0 Å². The molecule has 0 spiro atoms. The van der Waals surface area contributed by atoms with E-state index in [0.717, 1.165) is 49.4 Å². The van der Waals surface area contributed by atoms with Gasteiger partial charge < -0.3 is 10.2 Å². The quantitative estimate of drug-likeness (QED) is 0.869. The molecular formula is C20H32N4O2. The highest BCUT2D eigenvalue weighted by Gasteiger charge is 2.25. The van der Waals surface area contributed by atoms with E-state index >= 15 is 0 Å². The van der Waals surface area contributed by atoms with Gasteiger partial charge in [0, 0.05) is 39.4 Å². The van der Waals surface area contributed by atoms with Crippen LogP contribution in [-0.2, 0) is 9.59 Å². The molecular weight excluding hydrogens is 328 g/mol. The van der Waals surface area contributed by atoms with Gasteiger partial charge in [-0.05, 0) is 50.9 Å². The first-order chi connectivity index (χ1) is 12.3. The fraction of sp³-hybridized carbons (Fsp3) is 0.600. The second-order valence-electron chi connectivity index (χ2n) is 7.44. The fourth-order valence-electron chi connectivity index (χ4n) is 3.14. The van der Waals surface area contributed by atoms with Crippen molar-refractivity contribution in [2.75, 3.05) is 52.1 Å². The highest BCUT2D eigenvalue weighted by atomic mass is 16.2. The van der Waals surface area contributed by atoms with Gasteiger partial charge in [0.25, 0.3) is 0 Å². The molecule has 1 atom stereocenters. The minimum atomic E-state index is -0.195. The summed E-state index contributed by atoms with van der Waals surface area (Å²) in [6.07, 6.45) is 0.960. The number of anilines is 1. The number of amides is 2. The summed E-state index contributed by atoms with van der Waals surface area (Å²) in [5.41, 5.74) is 3.09. The van der Waals surface area contributed by atoms with Crippen LogP contribution < -0.4 is 5.32 Å². The van der Waals surface area contributed by atoms with Crippen LogP contribution in [0.5, 0.6) is 0 Å². The summed E-state index contributed by atoms with van der Waals surface area (Å²) >= 11 is 0. The van der Waals surface area contributed by atoms with Crippen molar-refractivity contribution in [3.8, 4) is 0 Å². The van der Waals surface area contributed by atoms with E-state index in [1.54, 1.807) is 19.0 Å². The van der Waals surface area contributed by atoms with Gasteiger partial charge in [-0.3, -0.25) is 19.4 Å². The molecule has 1 aliphatic rings. The van der Waals surface area contributed by atoms with Gasteiger partial charge in [-0.25, -0.2) is 0 Å². The number of hydrogen-bond donors (Lipinski definition) is 1. The Morgan fingerprint density at radius 3 is 2.58 bits per heavy atom. The Balaban J connectivity index is 1.92. The highest BCUT2D eigenvalue weighted by Crippen LogP contribution is 2.17. The SMILES string of the molecule is Cc1ccc(C)c(NC(=O)C(C)N2CCCN(CC(=O)N(C)C)CC2)c1. The summed E-state index contributed by atoms with van der Waals surface area (Å²) in [5, 5.41) is 3.07. The van der Waals surface area contributed by atoms with Gasteiger partial charge in [0.15, 0.2) is 0 Å². The predicted octanol–water partition coefficient (Wildman–Crippen LogP) is 1.73. The molecule has 0 aromatic heterocycles. The maximum Gasteiger partial charge on any atom is 0.241 e. The van der Waals surface area contributed by atoms with Crippen molar-refractivity contribution in [1.29, 1.82) is 0 Å². The van der Waals surface area contributed by atoms with Crippen molar-refractivity contribution >= 4 is 17.5 Å². The zero-order valence-corrected chi connectivity index (χ0v) is 16.7. The average molecular weight is 361 g/mol. The van der Waals surface area contributed by atoms with E-state index < -0.39 is 0 Å². The molecule has 1 aromatic carbocycles. The molecule has 1 aliphatic heterocycles. The second-order valence-corrected chi connectivity index (χ2v) is 7.44. The minimum absolute atomic E-state index is 0.0246. The van der Waals surface area contributed by atoms with Gasteiger partial charge in [0.2, 0.25) is 11.8 Å². The number of carbonyl (C=O) groups is 2. The number of aryl methyl sites for hydroxylation is 2. The Kier molecular flexibility index (Phi) is 7.17. The number of hydrogen-bond acceptors (Lipinski definition) is 4.